The number of halogens is 1. The van der Waals surface area contributed by atoms with Crippen LogP contribution in [0.2, 0.25) is 0 Å². The molecule has 3 aromatic heterocycles. The molecule has 2 amide bonds. The number of fused-ring (bicyclic) bond motifs is 3. The van der Waals surface area contributed by atoms with E-state index >= 15 is 0 Å². The summed E-state index contributed by atoms with van der Waals surface area (Å²) in [6, 6.07) is 13.4. The molecule has 0 radical (unpaired) electrons. The van der Waals surface area contributed by atoms with Crippen LogP contribution in [0.4, 0.5) is 15.0 Å². The van der Waals surface area contributed by atoms with Gasteiger partial charge >= 0.3 is 11.7 Å². The van der Waals surface area contributed by atoms with Gasteiger partial charge in [0.2, 0.25) is 0 Å². The molecule has 0 saturated carbocycles. The Hall–Kier alpha value is -4.53. The van der Waals surface area contributed by atoms with Crippen molar-refractivity contribution in [1.29, 1.82) is 0 Å². The van der Waals surface area contributed by atoms with Gasteiger partial charge in [-0.05, 0) is 60.5 Å². The number of aromatic nitrogens is 4. The number of urea groups is 1. The zero-order chi connectivity index (χ0) is 24.0. The number of imidazole rings is 1. The lowest BCUT2D eigenvalue weighted by Gasteiger charge is -2.10. The minimum absolute atomic E-state index is 0.240. The Balaban J connectivity index is 1.72. The Bertz CT molecular complexity index is 1640. The van der Waals surface area contributed by atoms with Gasteiger partial charge in [0.15, 0.2) is 0 Å². The normalized spacial score (nSPS) is 11.2. The van der Waals surface area contributed by atoms with Crippen molar-refractivity contribution in [2.45, 2.75) is 6.92 Å². The van der Waals surface area contributed by atoms with Gasteiger partial charge in [0.1, 0.15) is 11.6 Å². The SMILES string of the molecule is CNC(=O)Nc1ccc(-c2ccc3ncc4c(c3c2)n(-c2ccc(F)cc2C)c(=O)n4C)cn1. The van der Waals surface area contributed by atoms with E-state index in [4.69, 9.17) is 0 Å². The van der Waals surface area contributed by atoms with Gasteiger partial charge in [-0.1, -0.05) is 6.07 Å². The van der Waals surface area contributed by atoms with Crippen LogP contribution in [-0.4, -0.2) is 32.2 Å². The third-order valence-corrected chi connectivity index (χ3v) is 5.85. The van der Waals surface area contributed by atoms with Crippen molar-refractivity contribution >= 4 is 33.8 Å². The highest BCUT2D eigenvalue weighted by Crippen LogP contribution is 2.30. The molecule has 2 aromatic carbocycles. The predicted octanol–water partition coefficient (Wildman–Crippen LogP) is 4.14. The van der Waals surface area contributed by atoms with Crippen molar-refractivity contribution in [2.24, 2.45) is 7.05 Å². The molecule has 9 heteroatoms. The fourth-order valence-electron chi connectivity index (χ4n) is 4.09. The summed E-state index contributed by atoms with van der Waals surface area (Å²) in [5.74, 6) is 0.0711. The second-order valence-electron chi connectivity index (χ2n) is 7.97. The Morgan fingerprint density at radius 2 is 1.79 bits per heavy atom. The monoisotopic (exact) mass is 456 g/mol. The van der Waals surface area contributed by atoms with Gasteiger partial charge in [0, 0.05) is 31.2 Å². The zero-order valence-electron chi connectivity index (χ0n) is 18.8. The van der Waals surface area contributed by atoms with E-state index < -0.39 is 0 Å². The smallest absolute Gasteiger partial charge is 0.333 e. The standard InChI is InChI=1S/C25H21FN6O2/c1-14-10-17(26)6-8-20(14)32-23-18-11-15(16-5-9-22(29-12-16)30-24(33)27-2)4-7-19(18)28-13-21(23)31(3)25(32)34/h4-13H,1-3H3,(H2,27,29,30,33). The lowest BCUT2D eigenvalue weighted by atomic mass is 10.0. The fourth-order valence-corrected chi connectivity index (χ4v) is 4.09. The minimum Gasteiger partial charge on any atom is -0.341 e. The number of carbonyl (C=O) groups is 1. The number of hydrogen-bond acceptors (Lipinski definition) is 4. The van der Waals surface area contributed by atoms with Gasteiger partial charge in [-0.3, -0.25) is 19.4 Å². The Morgan fingerprint density at radius 1 is 1.00 bits per heavy atom. The third-order valence-electron chi connectivity index (χ3n) is 5.85. The molecule has 0 atom stereocenters. The first-order valence-electron chi connectivity index (χ1n) is 10.6. The van der Waals surface area contributed by atoms with Gasteiger partial charge in [-0.15, -0.1) is 0 Å². The maximum absolute atomic E-state index is 13.8. The third kappa shape index (κ3) is 3.47. The van der Waals surface area contributed by atoms with E-state index in [1.807, 2.05) is 24.3 Å². The van der Waals surface area contributed by atoms with Gasteiger partial charge in [0.05, 0.1) is 28.4 Å². The first kappa shape index (κ1) is 21.3. The average molecular weight is 456 g/mol. The van der Waals surface area contributed by atoms with Crippen LogP contribution in [0.15, 0.2) is 65.7 Å². The number of benzene rings is 2. The average Bonchev–Trinajstić information content (AvgIpc) is 3.09. The van der Waals surface area contributed by atoms with Crippen LogP contribution >= 0.6 is 0 Å². The molecule has 0 unspecified atom stereocenters. The summed E-state index contributed by atoms with van der Waals surface area (Å²) in [5, 5.41) is 5.89. The van der Waals surface area contributed by atoms with Crippen LogP contribution in [0.3, 0.4) is 0 Å². The largest absolute Gasteiger partial charge is 0.341 e. The number of amides is 2. The number of hydrogen-bond donors (Lipinski definition) is 2. The molecule has 0 aliphatic heterocycles. The first-order valence-corrected chi connectivity index (χ1v) is 10.6. The molecule has 0 bridgehead atoms. The number of nitrogens with one attached hydrogen (secondary N) is 2. The van der Waals surface area contributed by atoms with Gasteiger partial charge in [-0.2, -0.15) is 0 Å². The van der Waals surface area contributed by atoms with E-state index in [9.17, 15) is 14.0 Å². The predicted molar refractivity (Wildman–Crippen MR) is 130 cm³/mol. The molecule has 8 nitrogen and oxygen atoms in total. The van der Waals surface area contributed by atoms with Crippen molar-refractivity contribution in [3.63, 3.8) is 0 Å². The van der Waals surface area contributed by atoms with Crippen molar-refractivity contribution in [1.82, 2.24) is 24.4 Å². The summed E-state index contributed by atoms with van der Waals surface area (Å²) >= 11 is 0. The molecular formula is C25H21FN6O2. The number of aryl methyl sites for hydroxylation is 2. The number of anilines is 1. The summed E-state index contributed by atoms with van der Waals surface area (Å²) in [6.07, 6.45) is 3.34. The summed E-state index contributed by atoms with van der Waals surface area (Å²) in [5.41, 5.74) is 4.82. The molecule has 5 rings (SSSR count). The molecular weight excluding hydrogens is 435 g/mol. The van der Waals surface area contributed by atoms with Crippen LogP contribution in [0.25, 0.3) is 38.8 Å². The first-order chi connectivity index (χ1) is 16.4. The van der Waals surface area contributed by atoms with E-state index in [1.54, 1.807) is 43.1 Å². The topological polar surface area (TPSA) is 93.8 Å². The van der Waals surface area contributed by atoms with Crippen LogP contribution in [-0.2, 0) is 7.05 Å². The van der Waals surface area contributed by atoms with E-state index in [0.717, 1.165) is 22.0 Å². The van der Waals surface area contributed by atoms with Gasteiger partial charge in [0.25, 0.3) is 0 Å². The molecule has 0 saturated heterocycles. The van der Waals surface area contributed by atoms with E-state index in [2.05, 4.69) is 20.6 Å². The minimum atomic E-state index is -0.356. The van der Waals surface area contributed by atoms with Crippen molar-refractivity contribution in [3.05, 3.63) is 82.8 Å². The lowest BCUT2D eigenvalue weighted by Crippen LogP contribution is -2.24. The molecule has 0 fully saturated rings. The Kier molecular flexibility index (Phi) is 5.09. The number of rotatable bonds is 3. The lowest BCUT2D eigenvalue weighted by molar-refractivity contribution is 0.254. The van der Waals surface area contributed by atoms with Gasteiger partial charge < -0.3 is 5.32 Å². The van der Waals surface area contributed by atoms with Crippen molar-refractivity contribution in [3.8, 4) is 16.8 Å². The van der Waals surface area contributed by atoms with E-state index in [0.29, 0.717) is 28.1 Å². The highest BCUT2D eigenvalue weighted by Gasteiger charge is 2.18. The molecule has 5 aromatic rings. The fraction of sp³-hybridized carbons (Fsp3) is 0.120. The highest BCUT2D eigenvalue weighted by atomic mass is 19.1. The van der Waals surface area contributed by atoms with Crippen molar-refractivity contribution < 1.29 is 9.18 Å². The Labute approximate surface area is 193 Å². The maximum atomic E-state index is 13.8. The van der Waals surface area contributed by atoms with Crippen LogP contribution in [0.5, 0.6) is 0 Å². The van der Waals surface area contributed by atoms with Crippen LogP contribution < -0.4 is 16.3 Å². The molecule has 170 valence electrons. The number of nitrogens with zero attached hydrogens (tertiary/aromatic N) is 4. The summed E-state index contributed by atoms with van der Waals surface area (Å²) < 4.78 is 16.9. The number of pyridine rings is 2. The molecule has 34 heavy (non-hydrogen) atoms. The highest BCUT2D eigenvalue weighted by molar-refractivity contribution is 6.04. The molecule has 2 N–H and O–H groups in total. The summed E-state index contributed by atoms with van der Waals surface area (Å²) in [4.78, 5) is 33.6. The summed E-state index contributed by atoms with van der Waals surface area (Å²) in [6.45, 7) is 1.78. The quantitative estimate of drug-likeness (QED) is 0.427. The summed E-state index contributed by atoms with van der Waals surface area (Å²) in [7, 11) is 3.23. The zero-order valence-corrected chi connectivity index (χ0v) is 18.8. The van der Waals surface area contributed by atoms with Crippen LogP contribution in [0.1, 0.15) is 5.56 Å². The molecule has 0 aliphatic rings. The molecule has 0 spiro atoms. The number of carbonyl (C=O) groups excluding carboxylic acids is 1. The molecule has 0 aliphatic carbocycles. The Morgan fingerprint density at radius 3 is 2.50 bits per heavy atom. The second kappa shape index (κ2) is 8.11. The second-order valence-corrected chi connectivity index (χ2v) is 7.97. The van der Waals surface area contributed by atoms with Gasteiger partial charge in [-0.25, -0.2) is 19.0 Å². The molecule has 3 heterocycles. The maximum Gasteiger partial charge on any atom is 0.333 e. The van der Waals surface area contributed by atoms with E-state index in [1.165, 1.54) is 23.7 Å². The van der Waals surface area contributed by atoms with Crippen molar-refractivity contribution in [2.75, 3.05) is 12.4 Å². The van der Waals surface area contributed by atoms with Crippen LogP contribution in [0, 0.1) is 12.7 Å². The van der Waals surface area contributed by atoms with E-state index in [-0.39, 0.29) is 17.5 Å².